The van der Waals surface area contributed by atoms with Gasteiger partial charge in [-0.1, -0.05) is 0 Å². The fraction of sp³-hybridized carbons (Fsp3) is 0.273. The lowest BCUT2D eigenvalue weighted by Crippen LogP contribution is -2.41. The zero-order valence-corrected chi connectivity index (χ0v) is 10.0. The van der Waals surface area contributed by atoms with E-state index < -0.39 is 0 Å². The smallest absolute Gasteiger partial charge is 0.253 e. The van der Waals surface area contributed by atoms with Gasteiger partial charge in [-0.15, -0.1) is 0 Å². The molecule has 1 heterocycles. The van der Waals surface area contributed by atoms with Gasteiger partial charge >= 0.3 is 0 Å². The number of amides is 1. The maximum Gasteiger partial charge on any atom is 0.253 e. The van der Waals surface area contributed by atoms with Crippen molar-refractivity contribution in [3.63, 3.8) is 0 Å². The molecule has 1 fully saturated rings. The SMILES string of the molecule is N#Cc1cc(N2CCOCC2=O)ccc1Br. The van der Waals surface area contributed by atoms with E-state index in [1.54, 1.807) is 17.0 Å². The van der Waals surface area contributed by atoms with Crippen molar-refractivity contribution in [2.75, 3.05) is 24.7 Å². The number of nitrogens with zero attached hydrogens (tertiary/aromatic N) is 2. The molecular formula is C11H9BrN2O2. The van der Waals surface area contributed by atoms with Gasteiger partial charge in [-0.3, -0.25) is 4.79 Å². The van der Waals surface area contributed by atoms with E-state index in [4.69, 9.17) is 10.00 Å². The van der Waals surface area contributed by atoms with Gasteiger partial charge in [0, 0.05) is 16.7 Å². The molecule has 5 heteroatoms. The van der Waals surface area contributed by atoms with Crippen LogP contribution in [0.1, 0.15) is 5.56 Å². The Hall–Kier alpha value is -1.38. The van der Waals surface area contributed by atoms with Crippen LogP contribution in [0.25, 0.3) is 0 Å². The van der Waals surface area contributed by atoms with Crippen LogP contribution in [0.5, 0.6) is 0 Å². The van der Waals surface area contributed by atoms with Gasteiger partial charge in [0.25, 0.3) is 5.91 Å². The van der Waals surface area contributed by atoms with E-state index in [1.807, 2.05) is 6.07 Å². The number of nitriles is 1. The molecule has 1 saturated heterocycles. The zero-order valence-electron chi connectivity index (χ0n) is 8.44. The molecule has 1 aliphatic heterocycles. The molecule has 0 aromatic heterocycles. The molecule has 0 atom stereocenters. The number of hydrogen-bond acceptors (Lipinski definition) is 3. The summed E-state index contributed by atoms with van der Waals surface area (Å²) in [5.74, 6) is -0.0718. The maximum absolute atomic E-state index is 11.6. The molecule has 0 unspecified atom stereocenters. The highest BCUT2D eigenvalue weighted by Crippen LogP contribution is 2.23. The van der Waals surface area contributed by atoms with Gasteiger partial charge in [-0.25, -0.2) is 0 Å². The van der Waals surface area contributed by atoms with Crippen LogP contribution in [0.15, 0.2) is 22.7 Å². The summed E-state index contributed by atoms with van der Waals surface area (Å²) in [6, 6.07) is 7.36. The lowest BCUT2D eigenvalue weighted by molar-refractivity contribution is -0.125. The van der Waals surface area contributed by atoms with E-state index in [0.717, 1.165) is 10.2 Å². The minimum Gasteiger partial charge on any atom is -0.370 e. The molecule has 82 valence electrons. The second-order valence-electron chi connectivity index (χ2n) is 3.37. The average Bonchev–Trinajstić information content (AvgIpc) is 2.31. The van der Waals surface area contributed by atoms with E-state index in [0.29, 0.717) is 18.7 Å². The summed E-state index contributed by atoms with van der Waals surface area (Å²) in [5, 5.41) is 8.90. The van der Waals surface area contributed by atoms with Crippen LogP contribution in [0.3, 0.4) is 0 Å². The molecule has 1 aliphatic rings. The number of carbonyl (C=O) groups is 1. The van der Waals surface area contributed by atoms with E-state index in [2.05, 4.69) is 22.0 Å². The number of carbonyl (C=O) groups excluding carboxylic acids is 1. The highest BCUT2D eigenvalue weighted by Gasteiger charge is 2.20. The predicted octanol–water partition coefficient (Wildman–Crippen LogP) is 1.68. The summed E-state index contributed by atoms with van der Waals surface area (Å²) in [6.45, 7) is 1.17. The topological polar surface area (TPSA) is 53.3 Å². The molecule has 1 amide bonds. The number of morpholine rings is 1. The van der Waals surface area contributed by atoms with E-state index >= 15 is 0 Å². The molecule has 0 saturated carbocycles. The molecule has 0 aliphatic carbocycles. The van der Waals surface area contributed by atoms with Crippen molar-refractivity contribution in [2.45, 2.75) is 0 Å². The molecule has 1 aromatic carbocycles. The van der Waals surface area contributed by atoms with Gasteiger partial charge in [-0.2, -0.15) is 5.26 Å². The third kappa shape index (κ3) is 2.08. The lowest BCUT2D eigenvalue weighted by atomic mass is 10.2. The second kappa shape index (κ2) is 4.64. The van der Waals surface area contributed by atoms with Crippen LogP contribution >= 0.6 is 15.9 Å². The summed E-state index contributed by atoms with van der Waals surface area (Å²) in [5.41, 5.74) is 1.27. The molecule has 16 heavy (non-hydrogen) atoms. The molecular weight excluding hydrogens is 272 g/mol. The number of hydrogen-bond donors (Lipinski definition) is 0. The largest absolute Gasteiger partial charge is 0.370 e. The second-order valence-corrected chi connectivity index (χ2v) is 4.23. The number of benzene rings is 1. The fourth-order valence-corrected chi connectivity index (χ4v) is 1.89. The van der Waals surface area contributed by atoms with Crippen molar-refractivity contribution >= 4 is 27.5 Å². The fourth-order valence-electron chi connectivity index (χ4n) is 1.56. The van der Waals surface area contributed by atoms with Crippen molar-refractivity contribution in [3.8, 4) is 6.07 Å². The molecule has 0 spiro atoms. The van der Waals surface area contributed by atoms with Crippen LogP contribution in [0.2, 0.25) is 0 Å². The summed E-state index contributed by atoms with van der Waals surface area (Å²) < 4.78 is 5.78. The van der Waals surface area contributed by atoms with Crippen LogP contribution < -0.4 is 4.90 Å². The Morgan fingerprint density at radius 3 is 3.00 bits per heavy atom. The summed E-state index contributed by atoms with van der Waals surface area (Å²) >= 11 is 3.28. The minimum atomic E-state index is -0.0718. The van der Waals surface area contributed by atoms with E-state index in [9.17, 15) is 4.79 Å². The van der Waals surface area contributed by atoms with Gasteiger partial charge in [0.15, 0.2) is 0 Å². The van der Waals surface area contributed by atoms with E-state index in [1.165, 1.54) is 0 Å². The molecule has 0 radical (unpaired) electrons. The Bertz CT molecular complexity index is 468. The summed E-state index contributed by atoms with van der Waals surface area (Å²) in [6.07, 6.45) is 0. The molecule has 0 bridgehead atoms. The predicted molar refractivity (Wildman–Crippen MR) is 62.0 cm³/mol. The quantitative estimate of drug-likeness (QED) is 0.787. The Kier molecular flexibility index (Phi) is 3.22. The Balaban J connectivity index is 2.33. The first-order valence-electron chi connectivity index (χ1n) is 4.80. The van der Waals surface area contributed by atoms with Crippen molar-refractivity contribution in [3.05, 3.63) is 28.2 Å². The first-order valence-corrected chi connectivity index (χ1v) is 5.59. The van der Waals surface area contributed by atoms with Crippen molar-refractivity contribution in [2.24, 2.45) is 0 Å². The lowest BCUT2D eigenvalue weighted by Gasteiger charge is -2.27. The number of anilines is 1. The van der Waals surface area contributed by atoms with Crippen LogP contribution in [-0.2, 0) is 9.53 Å². The number of rotatable bonds is 1. The number of ether oxygens (including phenoxy) is 1. The Labute approximate surface area is 102 Å². The van der Waals surface area contributed by atoms with Crippen LogP contribution in [0.4, 0.5) is 5.69 Å². The number of halogens is 1. The minimum absolute atomic E-state index is 0.0718. The van der Waals surface area contributed by atoms with Gasteiger partial charge < -0.3 is 9.64 Å². The molecule has 4 nitrogen and oxygen atoms in total. The Morgan fingerprint density at radius 2 is 2.31 bits per heavy atom. The first kappa shape index (κ1) is 11.1. The summed E-state index contributed by atoms with van der Waals surface area (Å²) in [7, 11) is 0. The highest BCUT2D eigenvalue weighted by atomic mass is 79.9. The third-order valence-corrected chi connectivity index (χ3v) is 3.06. The first-order chi connectivity index (χ1) is 7.72. The average molecular weight is 281 g/mol. The normalized spacial score (nSPS) is 16.0. The monoisotopic (exact) mass is 280 g/mol. The summed E-state index contributed by atoms with van der Waals surface area (Å²) in [4.78, 5) is 13.2. The molecule has 0 N–H and O–H groups in total. The van der Waals surface area contributed by atoms with Gasteiger partial charge in [-0.05, 0) is 34.1 Å². The Morgan fingerprint density at radius 1 is 1.50 bits per heavy atom. The van der Waals surface area contributed by atoms with Gasteiger partial charge in [0.1, 0.15) is 12.7 Å². The highest BCUT2D eigenvalue weighted by molar-refractivity contribution is 9.10. The van der Waals surface area contributed by atoms with Gasteiger partial charge in [0.05, 0.1) is 12.2 Å². The van der Waals surface area contributed by atoms with Crippen molar-refractivity contribution in [1.82, 2.24) is 0 Å². The third-order valence-electron chi connectivity index (χ3n) is 2.37. The van der Waals surface area contributed by atoms with Crippen LogP contribution in [0, 0.1) is 11.3 Å². The standard InChI is InChI=1S/C11H9BrN2O2/c12-10-2-1-9(5-8(10)6-13)14-3-4-16-7-11(14)15/h1-2,5H,3-4,7H2. The maximum atomic E-state index is 11.6. The van der Waals surface area contributed by atoms with E-state index in [-0.39, 0.29) is 12.5 Å². The van der Waals surface area contributed by atoms with Crippen LogP contribution in [-0.4, -0.2) is 25.7 Å². The molecule has 2 rings (SSSR count). The van der Waals surface area contributed by atoms with Crippen molar-refractivity contribution < 1.29 is 9.53 Å². The van der Waals surface area contributed by atoms with Crippen molar-refractivity contribution in [1.29, 1.82) is 5.26 Å². The molecule has 1 aromatic rings. The zero-order chi connectivity index (χ0) is 11.5. The van der Waals surface area contributed by atoms with Gasteiger partial charge in [0.2, 0.25) is 0 Å².